The van der Waals surface area contributed by atoms with Crippen molar-refractivity contribution in [2.24, 2.45) is 23.7 Å². The standard InChI is InChI=1S/C47H75Cl2N3O6/c1-35-39(33-41(53)34-45(35)54)17-16-38-10-4-13-44-42(20-21-43(38)44)37(11-5-22-47(2,3)56)12-7-30-57-31-8-25-50-27-32-58-46(55)51-26-6-9-36-14-18-40(19-15-36)52(28-23-48)29-24-49/h14-19,37,41-45,50,53-54,56H,1,4-13,20-34H2,2-3H3,(H,51,55)/b38-16+,39-17-/t37?,41-,42?,43?,44?,45+/m1/s1. The number of fused-ring (bicyclic) bond motifs is 1. The minimum Gasteiger partial charge on any atom is -0.448 e. The van der Waals surface area contributed by atoms with Gasteiger partial charge < -0.3 is 40.3 Å². The molecule has 9 nitrogen and oxygen atoms in total. The zero-order chi connectivity index (χ0) is 41.8. The van der Waals surface area contributed by atoms with Crippen molar-refractivity contribution in [1.82, 2.24) is 10.6 Å². The van der Waals surface area contributed by atoms with Crippen molar-refractivity contribution in [3.8, 4) is 0 Å². The number of halogens is 2. The third kappa shape index (κ3) is 17.1. The van der Waals surface area contributed by atoms with E-state index in [9.17, 15) is 20.1 Å². The lowest BCUT2D eigenvalue weighted by Crippen LogP contribution is -2.29. The minimum absolute atomic E-state index is 0.326. The Hall–Kier alpha value is -2.11. The van der Waals surface area contributed by atoms with Crippen LogP contribution in [-0.4, -0.2) is 104 Å². The number of alkyl halides is 2. The number of amides is 1. The Balaban J connectivity index is 1.08. The van der Waals surface area contributed by atoms with Gasteiger partial charge in [-0.25, -0.2) is 4.79 Å². The predicted octanol–water partition coefficient (Wildman–Crippen LogP) is 8.71. The van der Waals surface area contributed by atoms with Crippen LogP contribution in [0.4, 0.5) is 10.5 Å². The fourth-order valence-corrected chi connectivity index (χ4v) is 9.91. The molecule has 6 atom stereocenters. The van der Waals surface area contributed by atoms with Crippen LogP contribution >= 0.6 is 23.2 Å². The molecule has 0 spiro atoms. The number of carbonyl (C=O) groups is 1. The van der Waals surface area contributed by atoms with Gasteiger partial charge in [0.15, 0.2) is 0 Å². The molecule has 0 saturated heterocycles. The van der Waals surface area contributed by atoms with Crippen LogP contribution in [0.2, 0.25) is 0 Å². The molecule has 1 aromatic carbocycles. The maximum absolute atomic E-state index is 12.1. The SMILES string of the molecule is C=C1/C(=C\C=C2/CCCC3C2CCC3C(CCCOCCCNCCOC(=O)NCCCc2ccc(N(CCCl)CCCl)cc2)CCCC(C)(C)O)C[C@@H](O)C[C@@H]1O. The fraction of sp³-hybridized carbons (Fsp3) is 0.723. The maximum Gasteiger partial charge on any atom is 0.407 e. The van der Waals surface area contributed by atoms with Crippen LogP contribution in [0, 0.1) is 23.7 Å². The molecule has 0 radical (unpaired) electrons. The molecule has 3 saturated carbocycles. The number of aliphatic hydroxyl groups excluding tert-OH is 2. The fourth-order valence-electron chi connectivity index (χ4n) is 9.50. The normalized spacial score (nSPS) is 24.3. The number of nitrogens with one attached hydrogen (secondary N) is 2. The number of anilines is 1. The molecule has 0 bridgehead atoms. The Morgan fingerprint density at radius 3 is 2.45 bits per heavy atom. The first-order valence-electron chi connectivity index (χ1n) is 22.3. The first-order chi connectivity index (χ1) is 28.0. The smallest absolute Gasteiger partial charge is 0.407 e. The van der Waals surface area contributed by atoms with E-state index >= 15 is 0 Å². The van der Waals surface area contributed by atoms with Gasteiger partial charge in [0, 0.05) is 63.3 Å². The number of hydrogen-bond donors (Lipinski definition) is 5. The number of hydrogen-bond acceptors (Lipinski definition) is 8. The Kier molecular flexibility index (Phi) is 22.0. The number of aryl methyl sites for hydroxylation is 1. The predicted molar refractivity (Wildman–Crippen MR) is 239 cm³/mol. The number of alkyl carbamates (subject to hydrolysis) is 1. The second-order valence-corrected chi connectivity index (χ2v) is 18.2. The van der Waals surface area contributed by atoms with Crippen LogP contribution < -0.4 is 15.5 Å². The zero-order valence-electron chi connectivity index (χ0n) is 35.6. The molecular formula is C47H75Cl2N3O6. The van der Waals surface area contributed by atoms with Gasteiger partial charge in [0.05, 0.1) is 17.8 Å². The number of nitrogens with zero attached hydrogens (tertiary/aromatic N) is 1. The first kappa shape index (κ1) is 48.6. The van der Waals surface area contributed by atoms with Crippen LogP contribution in [0.3, 0.4) is 0 Å². The van der Waals surface area contributed by atoms with E-state index in [1.165, 1.54) is 36.8 Å². The van der Waals surface area contributed by atoms with Gasteiger partial charge in [-0.05, 0) is 150 Å². The summed E-state index contributed by atoms with van der Waals surface area (Å²) in [5, 5.41) is 37.2. The molecule has 1 amide bonds. The summed E-state index contributed by atoms with van der Waals surface area (Å²) in [6, 6.07) is 8.44. The molecule has 4 unspecified atom stereocenters. The van der Waals surface area contributed by atoms with Gasteiger partial charge in [0.1, 0.15) is 6.61 Å². The molecule has 4 rings (SSSR count). The molecule has 0 aromatic heterocycles. The summed E-state index contributed by atoms with van der Waals surface area (Å²) < 4.78 is 11.4. The third-order valence-corrected chi connectivity index (χ3v) is 12.9. The number of allylic oxidation sites excluding steroid dienone is 3. The summed E-state index contributed by atoms with van der Waals surface area (Å²) >= 11 is 11.9. The van der Waals surface area contributed by atoms with E-state index < -0.39 is 17.8 Å². The van der Waals surface area contributed by atoms with E-state index in [1.54, 1.807) is 0 Å². The Labute approximate surface area is 360 Å². The van der Waals surface area contributed by atoms with E-state index in [0.717, 1.165) is 101 Å². The average molecular weight is 849 g/mol. The quantitative estimate of drug-likeness (QED) is 0.0464. The lowest BCUT2D eigenvalue weighted by molar-refractivity contribution is 0.0631. The second kappa shape index (κ2) is 26.3. The van der Waals surface area contributed by atoms with Gasteiger partial charge >= 0.3 is 6.09 Å². The van der Waals surface area contributed by atoms with Gasteiger partial charge in [-0.2, -0.15) is 0 Å². The molecule has 5 N–H and O–H groups in total. The summed E-state index contributed by atoms with van der Waals surface area (Å²) in [6.07, 6.45) is 17.8. The van der Waals surface area contributed by atoms with Gasteiger partial charge in [-0.3, -0.25) is 0 Å². The average Bonchev–Trinajstić information content (AvgIpc) is 3.63. The summed E-state index contributed by atoms with van der Waals surface area (Å²) in [5.74, 6) is 3.77. The summed E-state index contributed by atoms with van der Waals surface area (Å²) in [4.78, 5) is 14.3. The third-order valence-electron chi connectivity index (χ3n) is 12.5. The highest BCUT2D eigenvalue weighted by atomic mass is 35.5. The van der Waals surface area contributed by atoms with E-state index in [1.807, 2.05) is 13.8 Å². The molecule has 0 heterocycles. The monoisotopic (exact) mass is 848 g/mol. The van der Waals surface area contributed by atoms with Crippen LogP contribution in [-0.2, 0) is 15.9 Å². The number of carbonyl (C=O) groups excluding carboxylic acids is 1. The van der Waals surface area contributed by atoms with E-state index in [-0.39, 0.29) is 6.09 Å². The largest absolute Gasteiger partial charge is 0.448 e. The summed E-state index contributed by atoms with van der Waals surface area (Å²) in [7, 11) is 0. The van der Waals surface area contributed by atoms with Crippen LogP contribution in [0.1, 0.15) is 109 Å². The first-order valence-corrected chi connectivity index (χ1v) is 23.4. The Morgan fingerprint density at radius 2 is 1.71 bits per heavy atom. The molecule has 11 heteroatoms. The van der Waals surface area contributed by atoms with Gasteiger partial charge in [0.2, 0.25) is 0 Å². The molecular weight excluding hydrogens is 773 g/mol. The van der Waals surface area contributed by atoms with Crippen molar-refractivity contribution in [1.29, 1.82) is 0 Å². The highest BCUT2D eigenvalue weighted by Crippen LogP contribution is 2.52. The van der Waals surface area contributed by atoms with Crippen molar-refractivity contribution in [2.45, 2.75) is 128 Å². The number of benzene rings is 1. The molecule has 3 fully saturated rings. The van der Waals surface area contributed by atoms with Crippen molar-refractivity contribution >= 4 is 35.0 Å². The molecule has 328 valence electrons. The van der Waals surface area contributed by atoms with E-state index in [0.29, 0.717) is 74.6 Å². The molecule has 3 aliphatic carbocycles. The number of rotatable bonds is 26. The maximum atomic E-state index is 12.1. The summed E-state index contributed by atoms with van der Waals surface area (Å²) in [5.41, 5.74) is 4.98. The van der Waals surface area contributed by atoms with Crippen molar-refractivity contribution in [3.63, 3.8) is 0 Å². The van der Waals surface area contributed by atoms with Gasteiger partial charge in [-0.1, -0.05) is 49.3 Å². The zero-order valence-corrected chi connectivity index (χ0v) is 37.1. The molecule has 3 aliphatic rings. The summed E-state index contributed by atoms with van der Waals surface area (Å²) in [6.45, 7) is 13.2. The molecule has 58 heavy (non-hydrogen) atoms. The van der Waals surface area contributed by atoms with E-state index in [2.05, 4.69) is 58.5 Å². The lowest BCUT2D eigenvalue weighted by atomic mass is 9.70. The Morgan fingerprint density at radius 1 is 0.966 bits per heavy atom. The van der Waals surface area contributed by atoms with Gasteiger partial charge in [-0.15, -0.1) is 23.2 Å². The van der Waals surface area contributed by atoms with Crippen LogP contribution in [0.5, 0.6) is 0 Å². The Bertz CT molecular complexity index is 1410. The van der Waals surface area contributed by atoms with Crippen molar-refractivity contribution in [3.05, 3.63) is 65.3 Å². The van der Waals surface area contributed by atoms with E-state index in [4.69, 9.17) is 32.7 Å². The van der Waals surface area contributed by atoms with Gasteiger partial charge in [0.25, 0.3) is 0 Å². The lowest BCUT2D eigenvalue weighted by Gasteiger charge is -2.36. The number of aliphatic hydroxyl groups is 3. The number of ether oxygens (including phenoxy) is 2. The highest BCUT2D eigenvalue weighted by molar-refractivity contribution is 6.18. The highest BCUT2D eigenvalue weighted by Gasteiger charge is 2.42. The second-order valence-electron chi connectivity index (χ2n) is 17.5. The van der Waals surface area contributed by atoms with Crippen molar-refractivity contribution < 1.29 is 29.6 Å². The molecule has 1 aromatic rings. The molecule has 0 aliphatic heterocycles. The topological polar surface area (TPSA) is 124 Å². The van der Waals surface area contributed by atoms with Crippen LogP contribution in [0.25, 0.3) is 0 Å². The van der Waals surface area contributed by atoms with Crippen molar-refractivity contribution in [2.75, 3.05) is 69.2 Å². The minimum atomic E-state index is -0.653. The van der Waals surface area contributed by atoms with Crippen LogP contribution in [0.15, 0.2) is 59.7 Å².